The number of aliphatic hydroxyl groups excluding tert-OH is 1. The molecule has 7 heteroatoms. The van der Waals surface area contributed by atoms with Gasteiger partial charge in [-0.2, -0.15) is 5.10 Å². The van der Waals surface area contributed by atoms with E-state index in [1.54, 1.807) is 16.8 Å². The molecule has 1 saturated heterocycles. The smallest absolute Gasteiger partial charge is 0.227 e. The molecule has 6 nitrogen and oxygen atoms in total. The van der Waals surface area contributed by atoms with Gasteiger partial charge in [0.15, 0.2) is 0 Å². The molecular weight excluding hydrogens is 445 g/mol. The molecule has 0 amide bonds. The molecule has 1 aliphatic rings. The summed E-state index contributed by atoms with van der Waals surface area (Å²) in [6.07, 6.45) is 5.00. The van der Waals surface area contributed by atoms with Gasteiger partial charge in [0.25, 0.3) is 0 Å². The number of para-hydroxylation sites is 1. The number of hydrogen-bond acceptors (Lipinski definition) is 5. The summed E-state index contributed by atoms with van der Waals surface area (Å²) in [4.78, 5) is 2.22. The van der Waals surface area contributed by atoms with Crippen LogP contribution >= 0.6 is 0 Å². The molecule has 1 aliphatic heterocycles. The van der Waals surface area contributed by atoms with Gasteiger partial charge in [0.2, 0.25) is 5.88 Å². The molecule has 0 aliphatic carbocycles. The van der Waals surface area contributed by atoms with E-state index in [-0.39, 0.29) is 11.9 Å². The molecule has 1 fully saturated rings. The van der Waals surface area contributed by atoms with E-state index < -0.39 is 6.10 Å². The summed E-state index contributed by atoms with van der Waals surface area (Å²) in [5, 5.41) is 15.5. The van der Waals surface area contributed by atoms with Gasteiger partial charge in [0.05, 0.1) is 29.2 Å². The maximum atomic E-state index is 13.5. The zero-order valence-electron chi connectivity index (χ0n) is 20.3. The Bertz CT molecular complexity index is 1080. The van der Waals surface area contributed by atoms with E-state index in [1.807, 2.05) is 43.3 Å². The van der Waals surface area contributed by atoms with Crippen molar-refractivity contribution < 1.29 is 19.0 Å². The molecule has 0 saturated carbocycles. The Morgan fingerprint density at radius 1 is 1.26 bits per heavy atom. The summed E-state index contributed by atoms with van der Waals surface area (Å²) >= 11 is 0. The van der Waals surface area contributed by atoms with Crippen molar-refractivity contribution in [1.29, 1.82) is 0 Å². The number of rotatable bonds is 12. The van der Waals surface area contributed by atoms with Crippen LogP contribution in [0, 0.1) is 12.7 Å². The molecule has 1 aromatic heterocycles. The molecule has 2 atom stereocenters. The Morgan fingerprint density at radius 2 is 2.03 bits per heavy atom. The lowest BCUT2D eigenvalue weighted by Crippen LogP contribution is -2.37. The maximum Gasteiger partial charge on any atom is 0.227 e. The summed E-state index contributed by atoms with van der Waals surface area (Å²) in [5.74, 6) is 0.793. The van der Waals surface area contributed by atoms with E-state index in [2.05, 4.69) is 11.5 Å². The molecule has 2 aromatic carbocycles. The summed E-state index contributed by atoms with van der Waals surface area (Å²) in [7, 11) is 0. The van der Waals surface area contributed by atoms with Gasteiger partial charge < -0.3 is 14.6 Å². The largest absolute Gasteiger partial charge is 0.439 e. The first kappa shape index (κ1) is 25.1. The number of aromatic nitrogens is 2. The van der Waals surface area contributed by atoms with E-state index in [9.17, 15) is 9.50 Å². The van der Waals surface area contributed by atoms with E-state index in [1.165, 1.54) is 12.1 Å². The predicted octanol–water partition coefficient (Wildman–Crippen LogP) is 5.42. The molecule has 4 rings (SSSR count). The third-order valence-electron chi connectivity index (χ3n) is 6.21. The molecular formula is C28H34FN3O3. The van der Waals surface area contributed by atoms with E-state index >= 15 is 0 Å². The first-order valence-electron chi connectivity index (χ1n) is 12.2. The quantitative estimate of drug-likeness (QED) is 0.352. The van der Waals surface area contributed by atoms with Crippen molar-refractivity contribution in [1.82, 2.24) is 14.7 Å². The maximum absolute atomic E-state index is 13.5. The van der Waals surface area contributed by atoms with E-state index in [0.29, 0.717) is 31.1 Å². The molecule has 0 bridgehead atoms. The molecule has 0 radical (unpaired) electrons. The normalized spacial score (nSPS) is 16.5. The lowest BCUT2D eigenvalue weighted by atomic mass is 10.1. The van der Waals surface area contributed by atoms with Gasteiger partial charge in [-0.25, -0.2) is 9.07 Å². The van der Waals surface area contributed by atoms with Crippen LogP contribution in [-0.2, 0) is 11.3 Å². The molecule has 35 heavy (non-hydrogen) atoms. The van der Waals surface area contributed by atoms with E-state index in [4.69, 9.17) is 14.6 Å². The third kappa shape index (κ3) is 6.78. The topological polar surface area (TPSA) is 59.8 Å². The second-order valence-electron chi connectivity index (χ2n) is 9.02. The number of nitrogens with zero attached hydrogens (tertiary/aromatic N) is 3. The Hall–Kier alpha value is -3.00. The van der Waals surface area contributed by atoms with Crippen molar-refractivity contribution in [2.45, 2.75) is 51.4 Å². The minimum Gasteiger partial charge on any atom is -0.439 e. The van der Waals surface area contributed by atoms with Crippen molar-refractivity contribution in [3.8, 4) is 17.3 Å². The number of halogens is 1. The highest BCUT2D eigenvalue weighted by Gasteiger charge is 2.25. The van der Waals surface area contributed by atoms with Crippen molar-refractivity contribution >= 4 is 0 Å². The Labute approximate surface area is 206 Å². The van der Waals surface area contributed by atoms with Gasteiger partial charge >= 0.3 is 0 Å². The fourth-order valence-electron chi connectivity index (χ4n) is 4.39. The number of hydrogen-bond donors (Lipinski definition) is 1. The molecule has 1 N–H and O–H groups in total. The minimum absolute atomic E-state index is 0.146. The fraction of sp³-hybridized carbons (Fsp3) is 0.393. The van der Waals surface area contributed by atoms with Gasteiger partial charge in [0, 0.05) is 26.2 Å². The minimum atomic E-state index is -0.472. The van der Waals surface area contributed by atoms with Gasteiger partial charge in [-0.3, -0.25) is 4.90 Å². The SMILES string of the molecule is C=CCC[C@H](O)CN(Cc1c(C)nn(-c2ccccc2)c1Oc1ccc(F)cc1)C[C@H]1CCCO1. The summed E-state index contributed by atoms with van der Waals surface area (Å²) in [6, 6.07) is 15.8. The van der Waals surface area contributed by atoms with Gasteiger partial charge in [-0.05, 0) is 69.0 Å². The van der Waals surface area contributed by atoms with Crippen LogP contribution in [0.2, 0.25) is 0 Å². The van der Waals surface area contributed by atoms with Gasteiger partial charge in [-0.15, -0.1) is 6.58 Å². The number of benzene rings is 2. The zero-order chi connectivity index (χ0) is 24.6. The molecule has 186 valence electrons. The van der Waals surface area contributed by atoms with Crippen LogP contribution in [0.25, 0.3) is 5.69 Å². The zero-order valence-corrected chi connectivity index (χ0v) is 20.3. The average Bonchev–Trinajstić information content (AvgIpc) is 3.48. The Kier molecular flexibility index (Phi) is 8.69. The average molecular weight is 480 g/mol. The van der Waals surface area contributed by atoms with Crippen LogP contribution in [0.5, 0.6) is 11.6 Å². The van der Waals surface area contributed by atoms with Gasteiger partial charge in [0.1, 0.15) is 11.6 Å². The fourth-order valence-corrected chi connectivity index (χ4v) is 4.39. The summed E-state index contributed by atoms with van der Waals surface area (Å²) < 4.78 is 27.5. The lowest BCUT2D eigenvalue weighted by molar-refractivity contribution is 0.0442. The molecule has 0 unspecified atom stereocenters. The van der Waals surface area contributed by atoms with Crippen molar-refractivity contribution in [3.63, 3.8) is 0 Å². The summed E-state index contributed by atoms with van der Waals surface area (Å²) in [5.41, 5.74) is 2.63. The second-order valence-corrected chi connectivity index (χ2v) is 9.02. The lowest BCUT2D eigenvalue weighted by Gasteiger charge is -2.27. The van der Waals surface area contributed by atoms with Crippen LogP contribution in [0.4, 0.5) is 4.39 Å². The Morgan fingerprint density at radius 3 is 2.71 bits per heavy atom. The third-order valence-corrected chi connectivity index (χ3v) is 6.21. The van der Waals surface area contributed by atoms with Crippen molar-refractivity contribution in [2.24, 2.45) is 0 Å². The van der Waals surface area contributed by atoms with Crippen LogP contribution in [0.3, 0.4) is 0 Å². The van der Waals surface area contributed by atoms with Crippen LogP contribution in [0.15, 0.2) is 67.3 Å². The molecule has 3 aromatic rings. The standard InChI is InChI=1S/C28H34FN3O3/c1-3-4-11-24(33)18-31(19-26-12-8-17-34-26)20-27-21(2)30-32(23-9-6-5-7-10-23)28(27)35-25-15-13-22(29)14-16-25/h3,5-7,9-10,13-16,24,26,33H,1,4,8,11-12,17-20H2,2H3/t24-,26+/m0/s1. The van der Waals surface area contributed by atoms with Crippen LogP contribution in [0.1, 0.15) is 36.9 Å². The first-order valence-corrected chi connectivity index (χ1v) is 12.2. The highest BCUT2D eigenvalue weighted by atomic mass is 19.1. The number of aryl methyl sites for hydroxylation is 1. The summed E-state index contributed by atoms with van der Waals surface area (Å²) in [6.45, 7) is 8.28. The van der Waals surface area contributed by atoms with Crippen LogP contribution in [-0.4, -0.2) is 51.7 Å². The number of ether oxygens (including phenoxy) is 2. The second kappa shape index (κ2) is 12.1. The number of aliphatic hydroxyl groups is 1. The first-order chi connectivity index (χ1) is 17.0. The highest BCUT2D eigenvalue weighted by Crippen LogP contribution is 2.32. The molecule has 0 spiro atoms. The predicted molar refractivity (Wildman–Crippen MR) is 134 cm³/mol. The van der Waals surface area contributed by atoms with Gasteiger partial charge in [-0.1, -0.05) is 24.3 Å². The van der Waals surface area contributed by atoms with Crippen LogP contribution < -0.4 is 4.74 Å². The van der Waals surface area contributed by atoms with E-state index in [0.717, 1.165) is 49.4 Å². The number of allylic oxidation sites excluding steroid dienone is 1. The monoisotopic (exact) mass is 479 g/mol. The Balaban J connectivity index is 1.66. The molecule has 2 heterocycles. The van der Waals surface area contributed by atoms with Crippen molar-refractivity contribution in [3.05, 3.63) is 84.3 Å². The van der Waals surface area contributed by atoms with Crippen molar-refractivity contribution in [2.75, 3.05) is 19.7 Å². The highest BCUT2D eigenvalue weighted by molar-refractivity contribution is 5.43.